The van der Waals surface area contributed by atoms with Crippen LogP contribution in [0.15, 0.2) is 33.9 Å². The summed E-state index contributed by atoms with van der Waals surface area (Å²) in [6, 6.07) is 8.19. The van der Waals surface area contributed by atoms with Crippen LogP contribution in [0.2, 0.25) is 0 Å². The third-order valence-corrected chi connectivity index (χ3v) is 4.80. The van der Waals surface area contributed by atoms with Gasteiger partial charge in [0.15, 0.2) is 11.2 Å². The van der Waals surface area contributed by atoms with E-state index in [1.165, 1.54) is 11.6 Å². The molecular weight excluding hydrogens is 330 g/mol. The second-order valence-electron chi connectivity index (χ2n) is 6.54. The standard InChI is InChI=1S/C19H25N5O2/c1-6-23(7-2)18-20-16-15(17(25)22(5)19(26)21(16)4)24(18)12-14-10-8-9-13(3)11-14/h8-11H,6-7,12H2,1-5H3. The van der Waals surface area contributed by atoms with Crippen molar-refractivity contribution in [2.75, 3.05) is 18.0 Å². The van der Waals surface area contributed by atoms with Crippen molar-refractivity contribution in [1.29, 1.82) is 0 Å². The number of aromatic nitrogens is 4. The Balaban J connectivity index is 2.35. The highest BCUT2D eigenvalue weighted by atomic mass is 16.2. The van der Waals surface area contributed by atoms with Crippen LogP contribution in [0.5, 0.6) is 0 Å². The Morgan fingerprint density at radius 2 is 1.77 bits per heavy atom. The molecule has 3 aromatic rings. The van der Waals surface area contributed by atoms with Crippen molar-refractivity contribution >= 4 is 17.1 Å². The molecule has 0 radical (unpaired) electrons. The summed E-state index contributed by atoms with van der Waals surface area (Å²) in [5.41, 5.74) is 2.45. The summed E-state index contributed by atoms with van der Waals surface area (Å²) in [4.78, 5) is 31.9. The van der Waals surface area contributed by atoms with E-state index in [0.29, 0.717) is 23.7 Å². The van der Waals surface area contributed by atoms with Crippen LogP contribution in [0.3, 0.4) is 0 Å². The SMILES string of the molecule is CCN(CC)c1nc2c(c(=O)n(C)c(=O)n2C)n1Cc1cccc(C)c1. The van der Waals surface area contributed by atoms with Gasteiger partial charge in [0.1, 0.15) is 0 Å². The van der Waals surface area contributed by atoms with Crippen LogP contribution in [0.1, 0.15) is 25.0 Å². The molecule has 0 fully saturated rings. The highest BCUT2D eigenvalue weighted by Crippen LogP contribution is 2.21. The van der Waals surface area contributed by atoms with Gasteiger partial charge in [-0.15, -0.1) is 0 Å². The van der Waals surface area contributed by atoms with Crippen LogP contribution < -0.4 is 16.1 Å². The predicted molar refractivity (Wildman–Crippen MR) is 104 cm³/mol. The fourth-order valence-electron chi connectivity index (χ4n) is 3.33. The van der Waals surface area contributed by atoms with Crippen molar-refractivity contribution in [2.45, 2.75) is 27.3 Å². The largest absolute Gasteiger partial charge is 0.343 e. The van der Waals surface area contributed by atoms with Crippen molar-refractivity contribution < 1.29 is 0 Å². The molecule has 0 aliphatic carbocycles. The number of benzene rings is 1. The lowest BCUT2D eigenvalue weighted by molar-refractivity contribution is 0.700. The summed E-state index contributed by atoms with van der Waals surface area (Å²) in [6.07, 6.45) is 0. The van der Waals surface area contributed by atoms with Gasteiger partial charge in [-0.3, -0.25) is 18.5 Å². The Labute approximate surface area is 152 Å². The number of rotatable bonds is 5. The van der Waals surface area contributed by atoms with Gasteiger partial charge in [0.2, 0.25) is 5.95 Å². The van der Waals surface area contributed by atoms with Crippen LogP contribution in [0.4, 0.5) is 5.95 Å². The highest BCUT2D eigenvalue weighted by molar-refractivity contribution is 5.74. The van der Waals surface area contributed by atoms with Crippen LogP contribution >= 0.6 is 0 Å². The molecule has 7 nitrogen and oxygen atoms in total. The fourth-order valence-corrected chi connectivity index (χ4v) is 3.33. The molecule has 3 rings (SSSR count). The zero-order valence-corrected chi connectivity index (χ0v) is 16.0. The Morgan fingerprint density at radius 3 is 2.38 bits per heavy atom. The lowest BCUT2D eigenvalue weighted by Crippen LogP contribution is -2.37. The molecule has 7 heteroatoms. The molecule has 2 heterocycles. The van der Waals surface area contributed by atoms with E-state index in [1.807, 2.05) is 29.7 Å². The van der Waals surface area contributed by atoms with E-state index in [4.69, 9.17) is 0 Å². The van der Waals surface area contributed by atoms with Gasteiger partial charge < -0.3 is 4.90 Å². The minimum atomic E-state index is -0.367. The molecule has 0 saturated heterocycles. The number of hydrogen-bond acceptors (Lipinski definition) is 4. The molecule has 2 aromatic heterocycles. The summed E-state index contributed by atoms with van der Waals surface area (Å²) in [5.74, 6) is 0.713. The summed E-state index contributed by atoms with van der Waals surface area (Å²) >= 11 is 0. The first-order valence-corrected chi connectivity index (χ1v) is 8.85. The van der Waals surface area contributed by atoms with Crippen LogP contribution in [-0.4, -0.2) is 31.8 Å². The van der Waals surface area contributed by atoms with E-state index in [2.05, 4.69) is 29.8 Å². The quantitative estimate of drug-likeness (QED) is 0.698. The monoisotopic (exact) mass is 355 g/mol. The molecule has 26 heavy (non-hydrogen) atoms. The minimum Gasteiger partial charge on any atom is -0.343 e. The maximum atomic E-state index is 12.9. The van der Waals surface area contributed by atoms with Gasteiger partial charge in [-0.05, 0) is 26.3 Å². The summed E-state index contributed by atoms with van der Waals surface area (Å²) in [7, 11) is 3.16. The third kappa shape index (κ3) is 2.83. The van der Waals surface area contributed by atoms with Gasteiger partial charge in [-0.2, -0.15) is 4.98 Å². The summed E-state index contributed by atoms with van der Waals surface area (Å²) < 4.78 is 4.51. The van der Waals surface area contributed by atoms with Gasteiger partial charge in [0.25, 0.3) is 5.56 Å². The van der Waals surface area contributed by atoms with Crippen molar-refractivity contribution in [1.82, 2.24) is 18.7 Å². The normalized spacial score (nSPS) is 11.3. The average Bonchev–Trinajstić information content (AvgIpc) is 2.99. The number of imidazole rings is 1. The van der Waals surface area contributed by atoms with Crippen LogP contribution in [-0.2, 0) is 20.6 Å². The van der Waals surface area contributed by atoms with Gasteiger partial charge in [-0.25, -0.2) is 4.79 Å². The van der Waals surface area contributed by atoms with E-state index < -0.39 is 0 Å². The molecule has 0 spiro atoms. The van der Waals surface area contributed by atoms with E-state index in [-0.39, 0.29) is 11.2 Å². The molecule has 0 amide bonds. The van der Waals surface area contributed by atoms with E-state index in [9.17, 15) is 9.59 Å². The number of anilines is 1. The smallest absolute Gasteiger partial charge is 0.332 e. The van der Waals surface area contributed by atoms with Crippen LogP contribution in [0.25, 0.3) is 11.2 Å². The fraction of sp³-hybridized carbons (Fsp3) is 0.421. The highest BCUT2D eigenvalue weighted by Gasteiger charge is 2.21. The molecule has 0 bridgehead atoms. The van der Waals surface area contributed by atoms with Gasteiger partial charge in [-0.1, -0.05) is 29.8 Å². The first-order chi connectivity index (χ1) is 12.4. The molecule has 138 valence electrons. The molecule has 0 unspecified atom stereocenters. The molecule has 0 aliphatic heterocycles. The zero-order valence-electron chi connectivity index (χ0n) is 16.0. The van der Waals surface area contributed by atoms with Crippen molar-refractivity contribution in [2.24, 2.45) is 14.1 Å². The Morgan fingerprint density at radius 1 is 1.08 bits per heavy atom. The van der Waals surface area contributed by atoms with Crippen molar-refractivity contribution in [3.8, 4) is 0 Å². The van der Waals surface area contributed by atoms with E-state index in [1.54, 1.807) is 7.05 Å². The van der Waals surface area contributed by atoms with E-state index >= 15 is 0 Å². The first-order valence-electron chi connectivity index (χ1n) is 8.85. The first kappa shape index (κ1) is 18.0. The molecule has 0 atom stereocenters. The maximum Gasteiger partial charge on any atom is 0.332 e. The maximum absolute atomic E-state index is 12.9. The van der Waals surface area contributed by atoms with Gasteiger partial charge in [0, 0.05) is 27.2 Å². The second-order valence-corrected chi connectivity index (χ2v) is 6.54. The average molecular weight is 355 g/mol. The number of aryl methyl sites for hydroxylation is 2. The minimum absolute atomic E-state index is 0.318. The van der Waals surface area contributed by atoms with Gasteiger partial charge in [0.05, 0.1) is 6.54 Å². The predicted octanol–water partition coefficient (Wildman–Crippen LogP) is 1.64. The molecule has 1 aromatic carbocycles. The third-order valence-electron chi connectivity index (χ3n) is 4.80. The molecule has 0 N–H and O–H groups in total. The van der Waals surface area contributed by atoms with E-state index in [0.717, 1.165) is 28.8 Å². The topological polar surface area (TPSA) is 65.1 Å². The lowest BCUT2D eigenvalue weighted by atomic mass is 10.1. The summed E-state index contributed by atoms with van der Waals surface area (Å²) in [5, 5.41) is 0. The van der Waals surface area contributed by atoms with Gasteiger partial charge >= 0.3 is 5.69 Å². The van der Waals surface area contributed by atoms with Crippen LogP contribution in [0, 0.1) is 6.92 Å². The Hall–Kier alpha value is -2.83. The zero-order chi connectivity index (χ0) is 19.0. The number of fused-ring (bicyclic) bond motifs is 1. The van der Waals surface area contributed by atoms with Crippen molar-refractivity contribution in [3.05, 3.63) is 56.2 Å². The molecule has 0 aliphatic rings. The Kier molecular flexibility index (Phi) is 4.71. The van der Waals surface area contributed by atoms with Crippen molar-refractivity contribution in [3.63, 3.8) is 0 Å². The Bertz CT molecular complexity index is 1070. The molecular formula is C19H25N5O2. The molecule has 0 saturated carbocycles. The lowest BCUT2D eigenvalue weighted by Gasteiger charge is -2.21. The second kappa shape index (κ2) is 6.82. The number of hydrogen-bond donors (Lipinski definition) is 0. The number of nitrogens with zero attached hydrogens (tertiary/aromatic N) is 5. The summed E-state index contributed by atoms with van der Waals surface area (Å²) in [6.45, 7) is 8.21.